The largest absolute Gasteiger partial charge is 0.455 e. The van der Waals surface area contributed by atoms with E-state index in [2.05, 4.69) is 197 Å². The van der Waals surface area contributed by atoms with Crippen molar-refractivity contribution >= 4 is 55.0 Å². The van der Waals surface area contributed by atoms with Crippen molar-refractivity contribution in [3.63, 3.8) is 0 Å². The molecule has 0 saturated carbocycles. The number of furan rings is 1. The second-order valence-corrected chi connectivity index (χ2v) is 14.7. The highest BCUT2D eigenvalue weighted by molar-refractivity contribution is 6.12. The van der Waals surface area contributed by atoms with Crippen LogP contribution in [0.5, 0.6) is 0 Å². The maximum absolute atomic E-state index is 6.47. The van der Waals surface area contributed by atoms with Crippen LogP contribution in [0.1, 0.15) is 34.5 Å². The van der Waals surface area contributed by atoms with Gasteiger partial charge in [-0.1, -0.05) is 146 Å². The molecule has 0 amide bonds. The van der Waals surface area contributed by atoms with Crippen LogP contribution in [0, 0.1) is 0 Å². The van der Waals surface area contributed by atoms with E-state index in [0.29, 0.717) is 0 Å². The molecule has 268 valence electrons. The summed E-state index contributed by atoms with van der Waals surface area (Å²) >= 11 is 0. The normalized spacial score (nSPS) is 16.9. The predicted molar refractivity (Wildman–Crippen MR) is 231 cm³/mol. The van der Waals surface area contributed by atoms with Gasteiger partial charge in [0, 0.05) is 51.2 Å². The minimum Gasteiger partial charge on any atom is -0.455 e. The Balaban J connectivity index is 0.983. The van der Waals surface area contributed by atoms with Gasteiger partial charge in [0.25, 0.3) is 0 Å². The first kappa shape index (κ1) is 32.4. The molecular weight excluding hydrogens is 685 g/mol. The Morgan fingerprint density at radius 1 is 0.571 bits per heavy atom. The van der Waals surface area contributed by atoms with Crippen LogP contribution in [0.3, 0.4) is 0 Å². The Kier molecular flexibility index (Phi) is 7.71. The summed E-state index contributed by atoms with van der Waals surface area (Å²) in [5.74, 6) is 0. The third-order valence-electron chi connectivity index (χ3n) is 11.3. The number of rotatable bonds is 6. The summed E-state index contributed by atoms with van der Waals surface area (Å²) in [6, 6.07) is 58.8. The van der Waals surface area contributed by atoms with E-state index in [1.165, 1.54) is 38.6 Å². The van der Waals surface area contributed by atoms with Gasteiger partial charge < -0.3 is 19.6 Å². The molecule has 5 nitrogen and oxygen atoms in total. The van der Waals surface area contributed by atoms with Crippen molar-refractivity contribution < 1.29 is 4.42 Å². The van der Waals surface area contributed by atoms with Gasteiger partial charge in [0.2, 0.25) is 0 Å². The summed E-state index contributed by atoms with van der Waals surface area (Å²) in [5, 5.41) is 15.7. The van der Waals surface area contributed by atoms with Gasteiger partial charge in [-0.15, -0.1) is 0 Å². The van der Waals surface area contributed by atoms with Crippen molar-refractivity contribution in [3.05, 3.63) is 210 Å². The van der Waals surface area contributed by atoms with Crippen molar-refractivity contribution in [2.45, 2.75) is 12.2 Å². The van der Waals surface area contributed by atoms with E-state index in [1.54, 1.807) is 0 Å². The zero-order valence-corrected chi connectivity index (χ0v) is 30.6. The molecule has 9 aromatic rings. The molecule has 2 aromatic heterocycles. The average molecular weight is 723 g/mol. The summed E-state index contributed by atoms with van der Waals surface area (Å²) in [6.45, 7) is 0.871. The monoisotopic (exact) mass is 722 g/mol. The molecule has 0 aliphatic carbocycles. The number of nitrogens with zero attached hydrogens (tertiary/aromatic N) is 1. The second kappa shape index (κ2) is 13.3. The van der Waals surface area contributed by atoms with Crippen LogP contribution in [-0.2, 0) is 0 Å². The number of hydrogen-bond acceptors (Lipinski definition) is 4. The van der Waals surface area contributed by atoms with Crippen LogP contribution < -0.4 is 16.0 Å². The van der Waals surface area contributed by atoms with Gasteiger partial charge in [-0.05, 0) is 69.8 Å². The van der Waals surface area contributed by atoms with Gasteiger partial charge in [0.15, 0.2) is 0 Å². The second-order valence-electron chi connectivity index (χ2n) is 14.7. The molecule has 0 saturated heterocycles. The van der Waals surface area contributed by atoms with Crippen molar-refractivity contribution in [2.24, 2.45) is 0 Å². The lowest BCUT2D eigenvalue weighted by atomic mass is 9.97. The van der Waals surface area contributed by atoms with Crippen molar-refractivity contribution in [1.82, 2.24) is 20.5 Å². The van der Waals surface area contributed by atoms with E-state index in [-0.39, 0.29) is 12.2 Å². The van der Waals surface area contributed by atoms with Crippen LogP contribution in [0.2, 0.25) is 0 Å². The van der Waals surface area contributed by atoms with Crippen molar-refractivity contribution in [3.8, 4) is 16.8 Å². The highest BCUT2D eigenvalue weighted by atomic mass is 16.3. The first-order chi connectivity index (χ1) is 27.7. The number of benzene rings is 7. The van der Waals surface area contributed by atoms with Crippen molar-refractivity contribution in [2.75, 3.05) is 6.54 Å². The lowest BCUT2D eigenvalue weighted by Gasteiger charge is -2.33. The highest BCUT2D eigenvalue weighted by Gasteiger charge is 2.25. The number of aromatic nitrogens is 1. The quantitative estimate of drug-likeness (QED) is 0.160. The first-order valence-electron chi connectivity index (χ1n) is 19.3. The zero-order valence-electron chi connectivity index (χ0n) is 30.6. The standard InChI is InChI=1S/C51H38N4O/c1-2-10-36(11-3-1)51-53-45(34-21-19-33(20-22-34)38-12-9-29-52-32-38)31-46(54-51)35-23-26-39(27-24-35)55-47-17-6-4-13-41(47)42-28-25-37(30-48(42)55)40-15-8-16-44-43-14-5-7-18-49(43)56-50(40)44/h1-28,30-32,46,51-54H,29H2. The number of dihydropyridines is 1. The fourth-order valence-corrected chi connectivity index (χ4v) is 8.55. The minimum atomic E-state index is -0.0549. The smallest absolute Gasteiger partial charge is 0.143 e. The molecule has 3 N–H and O–H groups in total. The van der Waals surface area contributed by atoms with E-state index in [9.17, 15) is 0 Å². The van der Waals surface area contributed by atoms with Gasteiger partial charge in [-0.3, -0.25) is 5.32 Å². The Morgan fingerprint density at radius 2 is 1.30 bits per heavy atom. The third-order valence-corrected chi connectivity index (χ3v) is 11.3. The van der Waals surface area contributed by atoms with Crippen LogP contribution >= 0.6 is 0 Å². The Bertz CT molecular complexity index is 3020. The molecule has 0 spiro atoms. The molecule has 2 aliphatic heterocycles. The fourth-order valence-electron chi connectivity index (χ4n) is 8.55. The molecule has 0 bridgehead atoms. The topological polar surface area (TPSA) is 54.2 Å². The van der Waals surface area contributed by atoms with Crippen molar-refractivity contribution in [1.29, 1.82) is 0 Å². The van der Waals surface area contributed by atoms with Crippen LogP contribution in [0.25, 0.3) is 71.8 Å². The molecule has 11 rings (SSSR count). The summed E-state index contributed by atoms with van der Waals surface area (Å²) < 4.78 is 8.87. The fraction of sp³-hybridized carbons (Fsp3) is 0.0588. The maximum Gasteiger partial charge on any atom is 0.143 e. The lowest BCUT2D eigenvalue weighted by molar-refractivity contribution is 0.442. The van der Waals surface area contributed by atoms with Gasteiger partial charge in [-0.25, -0.2) is 0 Å². The number of fused-ring (bicyclic) bond motifs is 6. The van der Waals surface area contributed by atoms with E-state index in [4.69, 9.17) is 4.42 Å². The SMILES string of the molecule is C1=CC(c2ccc(C3=CC(c4ccc(-n5c6ccccc6c6ccc(-c7cccc8c7oc7ccccc78)cc65)cc4)NC(c4ccccc4)N3)cc2)=CNC1. The van der Waals surface area contributed by atoms with E-state index in [1.807, 2.05) is 12.1 Å². The number of allylic oxidation sites excluding steroid dienone is 2. The molecule has 2 aliphatic rings. The zero-order chi connectivity index (χ0) is 37.0. The van der Waals surface area contributed by atoms with Crippen LogP contribution in [0.4, 0.5) is 0 Å². The molecule has 0 fully saturated rings. The number of hydrogen-bond donors (Lipinski definition) is 3. The summed E-state index contributed by atoms with van der Waals surface area (Å²) in [5.41, 5.74) is 14.6. The Hall–Kier alpha value is -7.08. The molecule has 2 atom stereocenters. The molecule has 4 heterocycles. The number of nitrogens with one attached hydrogen (secondary N) is 3. The Morgan fingerprint density at radius 3 is 2.14 bits per heavy atom. The summed E-state index contributed by atoms with van der Waals surface area (Å²) in [4.78, 5) is 0. The molecule has 2 unspecified atom stereocenters. The van der Waals surface area contributed by atoms with Gasteiger partial charge in [0.05, 0.1) is 17.1 Å². The highest BCUT2D eigenvalue weighted by Crippen LogP contribution is 2.40. The Labute approximate surface area is 324 Å². The summed E-state index contributed by atoms with van der Waals surface area (Å²) in [7, 11) is 0. The molecule has 7 aromatic carbocycles. The van der Waals surface area contributed by atoms with E-state index >= 15 is 0 Å². The predicted octanol–water partition coefficient (Wildman–Crippen LogP) is 11.8. The minimum absolute atomic E-state index is 0.00702. The van der Waals surface area contributed by atoms with Gasteiger partial charge in [0.1, 0.15) is 17.3 Å². The molecule has 0 radical (unpaired) electrons. The first-order valence-corrected chi connectivity index (χ1v) is 19.3. The molecule has 5 heteroatoms. The summed E-state index contributed by atoms with van der Waals surface area (Å²) in [6.07, 6.45) is 8.68. The maximum atomic E-state index is 6.47. The van der Waals surface area contributed by atoms with Gasteiger partial charge in [-0.2, -0.15) is 0 Å². The van der Waals surface area contributed by atoms with Gasteiger partial charge >= 0.3 is 0 Å². The van der Waals surface area contributed by atoms with E-state index in [0.717, 1.165) is 62.1 Å². The van der Waals surface area contributed by atoms with Crippen LogP contribution in [-0.4, -0.2) is 11.1 Å². The number of para-hydroxylation sites is 3. The van der Waals surface area contributed by atoms with Crippen LogP contribution in [0.15, 0.2) is 193 Å². The molecular formula is C51H38N4O. The molecule has 56 heavy (non-hydrogen) atoms. The van der Waals surface area contributed by atoms with E-state index < -0.39 is 0 Å². The third kappa shape index (κ3) is 5.52. The lowest BCUT2D eigenvalue weighted by Crippen LogP contribution is -2.39. The average Bonchev–Trinajstić information content (AvgIpc) is 3.83.